The van der Waals surface area contributed by atoms with Gasteiger partial charge in [-0.25, -0.2) is 10.9 Å². The van der Waals surface area contributed by atoms with Crippen molar-refractivity contribution in [2.24, 2.45) is 0 Å². The zero-order valence-electron chi connectivity index (χ0n) is 17.5. The van der Waals surface area contributed by atoms with E-state index in [1.807, 2.05) is 28.0 Å². The SMILES string of the molecule is Cc1ccc(C2CC(C(=O)N3CCN(C(=O)CCc4ccccc4)CC3)NN2)cc1. The Morgan fingerprint density at radius 1 is 0.900 bits per heavy atom. The molecule has 0 radical (unpaired) electrons. The number of nitrogens with zero attached hydrogens (tertiary/aromatic N) is 2. The van der Waals surface area contributed by atoms with E-state index in [1.54, 1.807) is 0 Å². The molecular weight excluding hydrogens is 376 g/mol. The monoisotopic (exact) mass is 406 g/mol. The van der Waals surface area contributed by atoms with E-state index in [0.717, 1.165) is 12.8 Å². The Morgan fingerprint density at radius 3 is 2.27 bits per heavy atom. The highest BCUT2D eigenvalue weighted by molar-refractivity contribution is 5.83. The van der Waals surface area contributed by atoms with Crippen molar-refractivity contribution in [1.82, 2.24) is 20.7 Å². The van der Waals surface area contributed by atoms with Crippen LogP contribution in [0.1, 0.15) is 35.6 Å². The first-order chi connectivity index (χ1) is 14.6. The molecule has 6 heteroatoms. The smallest absolute Gasteiger partial charge is 0.241 e. The van der Waals surface area contributed by atoms with Gasteiger partial charge in [-0.3, -0.25) is 9.59 Å². The Balaban J connectivity index is 1.23. The van der Waals surface area contributed by atoms with Crippen molar-refractivity contribution in [3.05, 3.63) is 71.3 Å². The maximum Gasteiger partial charge on any atom is 0.241 e. The second kappa shape index (κ2) is 9.41. The zero-order valence-corrected chi connectivity index (χ0v) is 17.5. The number of nitrogens with one attached hydrogen (secondary N) is 2. The first-order valence-corrected chi connectivity index (χ1v) is 10.8. The van der Waals surface area contributed by atoms with Gasteiger partial charge < -0.3 is 9.80 Å². The van der Waals surface area contributed by atoms with Gasteiger partial charge in [-0.05, 0) is 30.9 Å². The third-order valence-electron chi connectivity index (χ3n) is 6.10. The van der Waals surface area contributed by atoms with Crippen molar-refractivity contribution in [3.8, 4) is 0 Å². The lowest BCUT2D eigenvalue weighted by Crippen LogP contribution is -2.54. The van der Waals surface area contributed by atoms with Gasteiger partial charge in [0.1, 0.15) is 6.04 Å². The van der Waals surface area contributed by atoms with E-state index in [0.29, 0.717) is 32.6 Å². The van der Waals surface area contributed by atoms with Gasteiger partial charge in [0.05, 0.1) is 0 Å². The molecule has 2 aromatic carbocycles. The lowest BCUT2D eigenvalue weighted by molar-refractivity contribution is -0.140. The third-order valence-corrected chi connectivity index (χ3v) is 6.10. The average Bonchev–Trinajstić information content (AvgIpc) is 3.28. The number of rotatable bonds is 5. The molecule has 2 unspecified atom stereocenters. The number of amides is 2. The van der Waals surface area contributed by atoms with Crippen molar-refractivity contribution >= 4 is 11.8 Å². The van der Waals surface area contributed by atoms with Crippen LogP contribution >= 0.6 is 0 Å². The summed E-state index contributed by atoms with van der Waals surface area (Å²) in [5.41, 5.74) is 10.0. The van der Waals surface area contributed by atoms with Crippen LogP contribution in [-0.4, -0.2) is 53.8 Å². The highest BCUT2D eigenvalue weighted by atomic mass is 16.2. The molecule has 2 heterocycles. The Morgan fingerprint density at radius 2 is 1.57 bits per heavy atom. The summed E-state index contributed by atoms with van der Waals surface area (Å²) in [5, 5.41) is 0. The highest BCUT2D eigenvalue weighted by Gasteiger charge is 2.34. The summed E-state index contributed by atoms with van der Waals surface area (Å²) in [5.74, 6) is 0.291. The molecule has 0 saturated carbocycles. The molecule has 2 aliphatic rings. The van der Waals surface area contributed by atoms with E-state index in [1.165, 1.54) is 16.7 Å². The fourth-order valence-corrected chi connectivity index (χ4v) is 4.19. The van der Waals surface area contributed by atoms with Gasteiger partial charge in [0.2, 0.25) is 11.8 Å². The lowest BCUT2D eigenvalue weighted by Gasteiger charge is -2.36. The number of hydrogen-bond acceptors (Lipinski definition) is 4. The number of hydrazine groups is 1. The number of carbonyl (C=O) groups is 2. The Labute approximate surface area is 178 Å². The quantitative estimate of drug-likeness (QED) is 0.799. The average molecular weight is 407 g/mol. The molecule has 158 valence electrons. The van der Waals surface area contributed by atoms with Crippen LogP contribution < -0.4 is 10.9 Å². The molecule has 2 aliphatic heterocycles. The summed E-state index contributed by atoms with van der Waals surface area (Å²) in [7, 11) is 0. The molecule has 2 N–H and O–H groups in total. The molecule has 30 heavy (non-hydrogen) atoms. The predicted molar refractivity (Wildman–Crippen MR) is 117 cm³/mol. The van der Waals surface area contributed by atoms with Gasteiger partial charge >= 0.3 is 0 Å². The summed E-state index contributed by atoms with van der Waals surface area (Å²) in [4.78, 5) is 29.2. The van der Waals surface area contributed by atoms with E-state index in [-0.39, 0.29) is 23.9 Å². The molecule has 2 saturated heterocycles. The van der Waals surface area contributed by atoms with E-state index in [9.17, 15) is 9.59 Å². The van der Waals surface area contributed by atoms with Crippen molar-refractivity contribution in [2.45, 2.75) is 38.3 Å². The third kappa shape index (κ3) is 4.89. The topological polar surface area (TPSA) is 64.7 Å². The molecule has 0 spiro atoms. The number of piperazine rings is 1. The van der Waals surface area contributed by atoms with E-state index < -0.39 is 0 Å². The first kappa shape index (κ1) is 20.6. The van der Waals surface area contributed by atoms with E-state index in [2.05, 4.69) is 54.2 Å². The van der Waals surface area contributed by atoms with Gasteiger partial charge in [-0.1, -0.05) is 60.2 Å². The summed E-state index contributed by atoms with van der Waals surface area (Å²) in [6.07, 6.45) is 2.01. The molecule has 0 aromatic heterocycles. The number of aryl methyl sites for hydroxylation is 2. The molecular formula is C24H30N4O2. The molecule has 2 aromatic rings. The predicted octanol–water partition coefficient (Wildman–Crippen LogP) is 2.21. The van der Waals surface area contributed by atoms with Crippen LogP contribution in [0.3, 0.4) is 0 Å². The Bertz CT molecular complexity index is 861. The maximum atomic E-state index is 12.9. The summed E-state index contributed by atoms with van der Waals surface area (Å²) in [6, 6.07) is 18.4. The van der Waals surface area contributed by atoms with Gasteiger partial charge in [-0.15, -0.1) is 0 Å². The van der Waals surface area contributed by atoms with Crippen molar-refractivity contribution in [2.75, 3.05) is 26.2 Å². The van der Waals surface area contributed by atoms with Crippen LogP contribution in [0, 0.1) is 6.92 Å². The largest absolute Gasteiger partial charge is 0.339 e. The summed E-state index contributed by atoms with van der Waals surface area (Å²) >= 11 is 0. The van der Waals surface area contributed by atoms with Gasteiger partial charge in [0.15, 0.2) is 0 Å². The van der Waals surface area contributed by atoms with Crippen LogP contribution in [-0.2, 0) is 16.0 Å². The number of carbonyl (C=O) groups excluding carboxylic acids is 2. The van der Waals surface area contributed by atoms with Crippen molar-refractivity contribution in [1.29, 1.82) is 0 Å². The number of hydrogen-bond donors (Lipinski definition) is 2. The van der Waals surface area contributed by atoms with Crippen molar-refractivity contribution in [3.63, 3.8) is 0 Å². The maximum absolute atomic E-state index is 12.9. The van der Waals surface area contributed by atoms with Gasteiger partial charge in [0, 0.05) is 38.6 Å². The standard InChI is InChI=1S/C24H30N4O2/c1-18-7-10-20(11-8-18)21-17-22(26-25-21)24(30)28-15-13-27(14-16-28)23(29)12-9-19-5-3-2-4-6-19/h2-8,10-11,21-22,25-26H,9,12-17H2,1H3. The number of benzene rings is 2. The molecule has 2 atom stereocenters. The van der Waals surface area contributed by atoms with Crippen LogP contribution in [0.25, 0.3) is 0 Å². The molecule has 2 fully saturated rings. The molecule has 2 amide bonds. The molecule has 4 rings (SSSR count). The lowest BCUT2D eigenvalue weighted by atomic mass is 10.0. The Kier molecular flexibility index (Phi) is 6.45. The minimum absolute atomic E-state index is 0.119. The molecule has 0 aliphatic carbocycles. The minimum Gasteiger partial charge on any atom is -0.339 e. The highest BCUT2D eigenvalue weighted by Crippen LogP contribution is 2.23. The van der Waals surface area contributed by atoms with Crippen molar-refractivity contribution < 1.29 is 9.59 Å². The van der Waals surface area contributed by atoms with Gasteiger partial charge in [0.25, 0.3) is 0 Å². The van der Waals surface area contributed by atoms with Crippen LogP contribution in [0.4, 0.5) is 0 Å². The van der Waals surface area contributed by atoms with E-state index in [4.69, 9.17) is 0 Å². The molecule has 6 nitrogen and oxygen atoms in total. The second-order valence-corrected chi connectivity index (χ2v) is 8.23. The fourth-order valence-electron chi connectivity index (χ4n) is 4.19. The Hall–Kier alpha value is -2.70. The van der Waals surface area contributed by atoms with Crippen LogP contribution in [0.2, 0.25) is 0 Å². The fraction of sp³-hybridized carbons (Fsp3) is 0.417. The minimum atomic E-state index is -0.225. The molecule has 0 bridgehead atoms. The zero-order chi connectivity index (χ0) is 20.9. The second-order valence-electron chi connectivity index (χ2n) is 8.23. The van der Waals surface area contributed by atoms with E-state index >= 15 is 0 Å². The normalized spacial score (nSPS) is 21.6. The van der Waals surface area contributed by atoms with Gasteiger partial charge in [-0.2, -0.15) is 0 Å². The van der Waals surface area contributed by atoms with Crippen LogP contribution in [0.15, 0.2) is 54.6 Å². The summed E-state index contributed by atoms with van der Waals surface area (Å²) in [6.45, 7) is 4.50. The first-order valence-electron chi connectivity index (χ1n) is 10.8. The summed E-state index contributed by atoms with van der Waals surface area (Å²) < 4.78 is 0. The van der Waals surface area contributed by atoms with Crippen LogP contribution in [0.5, 0.6) is 0 Å².